The highest BCUT2D eigenvalue weighted by molar-refractivity contribution is 6.52. The van der Waals surface area contributed by atoms with Crippen LogP contribution in [0.25, 0.3) is 33.7 Å². The molecule has 0 amide bonds. The lowest BCUT2D eigenvalue weighted by molar-refractivity contribution is -0.143. The zero-order chi connectivity index (χ0) is 37.6. The van der Waals surface area contributed by atoms with Crippen molar-refractivity contribution in [2.45, 2.75) is 46.2 Å². The highest BCUT2D eigenvalue weighted by atomic mass is 16.4. The van der Waals surface area contributed by atoms with Gasteiger partial charge in [0.2, 0.25) is 5.89 Å². The lowest BCUT2D eigenvalue weighted by Crippen LogP contribution is -2.35. The maximum atomic E-state index is 11.4. The first-order chi connectivity index (χ1) is 25.6. The number of carboxylic acid groups (broad SMARTS) is 1. The van der Waals surface area contributed by atoms with Gasteiger partial charge >= 0.3 is 5.97 Å². The number of anilines is 1. The van der Waals surface area contributed by atoms with E-state index in [4.69, 9.17) is 9.40 Å². The number of aromatic nitrogens is 1. The summed E-state index contributed by atoms with van der Waals surface area (Å²) in [5, 5.41) is 35.5. The maximum Gasteiger partial charge on any atom is 0.306 e. The average Bonchev–Trinajstić information content (AvgIpc) is 3.59. The molecule has 1 saturated heterocycles. The van der Waals surface area contributed by atoms with Gasteiger partial charge in [-0.1, -0.05) is 30.8 Å². The third-order valence-corrected chi connectivity index (χ3v) is 9.94. The van der Waals surface area contributed by atoms with Crippen molar-refractivity contribution in [3.05, 3.63) is 107 Å². The molecule has 4 aromatic rings. The van der Waals surface area contributed by atoms with E-state index in [1.54, 1.807) is 13.2 Å². The molecule has 4 N–H and O–H groups in total. The Labute approximate surface area is 309 Å². The number of hydrogen-bond donors (Lipinski definition) is 4. The zero-order valence-corrected chi connectivity index (χ0v) is 30.6. The summed E-state index contributed by atoms with van der Waals surface area (Å²) < 4.78 is 6.30. The fourth-order valence-electron chi connectivity index (χ4n) is 6.88. The van der Waals surface area contributed by atoms with E-state index in [1.165, 1.54) is 0 Å². The number of carbonyl (C=O) groups is 1. The zero-order valence-electron chi connectivity index (χ0n) is 30.6. The van der Waals surface area contributed by atoms with E-state index >= 15 is 0 Å². The molecule has 0 bridgehead atoms. The number of amidine groups is 1. The van der Waals surface area contributed by atoms with Crippen molar-refractivity contribution in [1.82, 2.24) is 15.2 Å². The van der Waals surface area contributed by atoms with Gasteiger partial charge in [-0.25, -0.2) is 9.98 Å². The fourth-order valence-corrected chi connectivity index (χ4v) is 6.88. The third-order valence-electron chi connectivity index (χ3n) is 9.94. The number of aliphatic hydroxyl groups is 1. The number of nitriles is 1. The summed E-state index contributed by atoms with van der Waals surface area (Å²) in [7, 11) is 1.74. The van der Waals surface area contributed by atoms with Gasteiger partial charge in [0, 0.05) is 49.2 Å². The number of rotatable bonds is 11. The van der Waals surface area contributed by atoms with E-state index in [0.717, 1.165) is 50.2 Å². The van der Waals surface area contributed by atoms with Gasteiger partial charge < -0.3 is 25.3 Å². The largest absolute Gasteiger partial charge is 0.481 e. The SMILES string of the molecule is C=C(/C=C1/C=CN=C(Nc2cccc(-c3cccc(-c4nc5cc(CN6CCC(C(=O)O)CC6)cc(C#N)c5o4)c3C)c2C)/C1=N/C)CN[C@@H](C)CO. The van der Waals surface area contributed by atoms with Gasteiger partial charge in [-0.3, -0.25) is 14.7 Å². The van der Waals surface area contributed by atoms with Crippen LogP contribution in [0.1, 0.15) is 42.0 Å². The number of benzene rings is 3. The quantitative estimate of drug-likeness (QED) is 0.131. The van der Waals surface area contributed by atoms with Crippen molar-refractivity contribution in [2.24, 2.45) is 15.9 Å². The number of aliphatic imine (C=N–C) groups is 2. The number of nitrogens with zero attached hydrogens (tertiary/aromatic N) is 5. The Morgan fingerprint density at radius 1 is 1.15 bits per heavy atom. The molecule has 0 aliphatic carbocycles. The molecule has 0 radical (unpaired) electrons. The molecule has 11 nitrogen and oxygen atoms in total. The molecule has 1 fully saturated rings. The molecule has 11 heteroatoms. The van der Waals surface area contributed by atoms with Crippen molar-refractivity contribution in [2.75, 3.05) is 38.6 Å². The van der Waals surface area contributed by atoms with Crippen LogP contribution in [0.3, 0.4) is 0 Å². The summed E-state index contributed by atoms with van der Waals surface area (Å²) in [6.07, 6.45) is 6.86. The van der Waals surface area contributed by atoms with Gasteiger partial charge in [0.05, 0.1) is 18.1 Å². The summed E-state index contributed by atoms with van der Waals surface area (Å²) in [6, 6.07) is 18.2. The van der Waals surface area contributed by atoms with Gasteiger partial charge in [-0.15, -0.1) is 0 Å². The van der Waals surface area contributed by atoms with Crippen LogP contribution in [0.5, 0.6) is 0 Å². The number of aliphatic hydroxyl groups excluding tert-OH is 1. The van der Waals surface area contributed by atoms with Crippen molar-refractivity contribution in [3.63, 3.8) is 0 Å². The summed E-state index contributed by atoms with van der Waals surface area (Å²) in [5.41, 5.74) is 10.7. The smallest absolute Gasteiger partial charge is 0.306 e. The number of piperidine rings is 1. The van der Waals surface area contributed by atoms with Gasteiger partial charge in [0.1, 0.15) is 17.3 Å². The van der Waals surface area contributed by atoms with Gasteiger partial charge in [-0.05, 0) is 117 Å². The molecule has 2 aliphatic rings. The molecular weight excluding hydrogens is 667 g/mol. The van der Waals surface area contributed by atoms with Crippen molar-refractivity contribution >= 4 is 34.3 Å². The lowest BCUT2D eigenvalue weighted by Gasteiger charge is -2.30. The number of nitrogens with one attached hydrogen (secondary N) is 2. The second kappa shape index (κ2) is 16.3. The summed E-state index contributed by atoms with van der Waals surface area (Å²) in [6.45, 7) is 12.8. The summed E-state index contributed by atoms with van der Waals surface area (Å²) in [4.78, 5) is 27.7. The summed E-state index contributed by atoms with van der Waals surface area (Å²) >= 11 is 0. The van der Waals surface area contributed by atoms with Crippen LogP contribution in [-0.4, -0.2) is 76.9 Å². The number of allylic oxidation sites excluding steroid dienone is 1. The van der Waals surface area contributed by atoms with Crippen molar-refractivity contribution in [3.8, 4) is 28.7 Å². The van der Waals surface area contributed by atoms with Crippen molar-refractivity contribution in [1.29, 1.82) is 5.26 Å². The van der Waals surface area contributed by atoms with E-state index in [0.29, 0.717) is 73.1 Å². The maximum absolute atomic E-state index is 11.4. The molecule has 2 aliphatic heterocycles. The standard InChI is InChI=1S/C42H45N7O4/c1-25(22-46-26(2)24-50)18-31-12-15-45-40(38(31)44-5)47-36-11-7-9-34(28(36)4)33-8-6-10-35(27(33)3)41-48-37-20-29(19-32(21-43)39(37)53-41)23-49-16-13-30(14-17-49)42(51)52/h6-12,15,18-20,26,30,46,50H,1,13-14,16-17,22-24H2,2-5H3,(H,45,47)(H,51,52)/b31-18-,44-38+/t26-/m0/s1. The van der Waals surface area contributed by atoms with Crippen LogP contribution in [0.2, 0.25) is 0 Å². The first-order valence-electron chi connectivity index (χ1n) is 17.8. The van der Waals surface area contributed by atoms with E-state index in [-0.39, 0.29) is 18.6 Å². The minimum Gasteiger partial charge on any atom is -0.481 e. The Morgan fingerprint density at radius 3 is 2.57 bits per heavy atom. The van der Waals surface area contributed by atoms with Gasteiger partial charge in [0.25, 0.3) is 0 Å². The number of carboxylic acids is 1. The Balaban J connectivity index is 1.25. The van der Waals surface area contributed by atoms with Crippen LogP contribution < -0.4 is 10.6 Å². The Bertz CT molecular complexity index is 2210. The van der Waals surface area contributed by atoms with Crippen LogP contribution in [0.15, 0.2) is 99.0 Å². The molecule has 0 saturated carbocycles. The monoisotopic (exact) mass is 711 g/mol. The molecular formula is C42H45N7O4. The lowest BCUT2D eigenvalue weighted by atomic mass is 9.92. The molecule has 272 valence electrons. The molecule has 53 heavy (non-hydrogen) atoms. The van der Waals surface area contributed by atoms with E-state index in [2.05, 4.69) is 64.1 Å². The number of likely N-dealkylation sites (tertiary alicyclic amines) is 1. The molecule has 3 heterocycles. The van der Waals surface area contributed by atoms with Crippen LogP contribution in [-0.2, 0) is 11.3 Å². The van der Waals surface area contributed by atoms with Crippen LogP contribution in [0.4, 0.5) is 5.69 Å². The molecule has 0 spiro atoms. The third kappa shape index (κ3) is 8.21. The number of hydrogen-bond acceptors (Lipinski definition) is 10. The van der Waals surface area contributed by atoms with Crippen LogP contribution in [0, 0.1) is 31.1 Å². The molecule has 1 atom stereocenters. The molecule has 1 aromatic heterocycles. The Kier molecular flexibility index (Phi) is 11.4. The molecule has 3 aromatic carbocycles. The number of aliphatic carboxylic acids is 1. The normalized spacial score (nSPS) is 17.2. The second-order valence-electron chi connectivity index (χ2n) is 13.7. The highest BCUT2D eigenvalue weighted by Gasteiger charge is 2.25. The van der Waals surface area contributed by atoms with Crippen LogP contribution >= 0.6 is 0 Å². The summed E-state index contributed by atoms with van der Waals surface area (Å²) in [5.74, 6) is 0.0359. The Hall–Kier alpha value is -5.67. The molecule has 6 rings (SSSR count). The van der Waals surface area contributed by atoms with Gasteiger partial charge in [-0.2, -0.15) is 5.26 Å². The van der Waals surface area contributed by atoms with Crippen molar-refractivity contribution < 1.29 is 19.4 Å². The van der Waals surface area contributed by atoms with E-state index in [9.17, 15) is 20.3 Å². The number of oxazole rings is 1. The second-order valence-corrected chi connectivity index (χ2v) is 13.7. The predicted octanol–water partition coefficient (Wildman–Crippen LogP) is 6.81. The van der Waals surface area contributed by atoms with Gasteiger partial charge in [0.15, 0.2) is 11.4 Å². The fraction of sp³-hybridized carbons (Fsp3) is 0.310. The van der Waals surface area contributed by atoms with E-state index < -0.39 is 5.97 Å². The average molecular weight is 712 g/mol. The highest BCUT2D eigenvalue weighted by Crippen LogP contribution is 2.37. The topological polar surface area (TPSA) is 159 Å². The minimum absolute atomic E-state index is 0.0296. The molecule has 0 unspecified atom stereocenters. The Morgan fingerprint density at radius 2 is 1.87 bits per heavy atom. The minimum atomic E-state index is -0.732. The first kappa shape index (κ1) is 37.1. The van der Waals surface area contributed by atoms with E-state index in [1.807, 2.05) is 55.5 Å². The first-order valence-corrected chi connectivity index (χ1v) is 17.8. The predicted molar refractivity (Wildman–Crippen MR) is 210 cm³/mol. The number of fused-ring (bicyclic) bond motifs is 1.